The van der Waals surface area contributed by atoms with E-state index < -0.39 is 0 Å². The highest BCUT2D eigenvalue weighted by Gasteiger charge is 2.21. The summed E-state index contributed by atoms with van der Waals surface area (Å²) < 4.78 is 5.36. The summed E-state index contributed by atoms with van der Waals surface area (Å²) in [6.07, 6.45) is 2.33. The maximum Gasteiger partial charge on any atom is 0.124 e. The molecule has 5 heteroatoms. The van der Waals surface area contributed by atoms with Gasteiger partial charge in [-0.2, -0.15) is 0 Å². The Labute approximate surface area is 112 Å². The lowest BCUT2D eigenvalue weighted by Gasteiger charge is -2.34. The molecule has 1 aromatic carbocycles. The van der Waals surface area contributed by atoms with Crippen LogP contribution in [0.1, 0.15) is 18.4 Å². The number of hydrogen-bond donors (Lipinski definition) is 2. The molecule has 1 aliphatic heterocycles. The van der Waals surface area contributed by atoms with Crippen molar-refractivity contribution in [2.45, 2.75) is 18.9 Å². The van der Waals surface area contributed by atoms with Crippen molar-refractivity contribution < 1.29 is 4.74 Å². The molecule has 0 bridgehead atoms. The van der Waals surface area contributed by atoms with E-state index in [1.165, 1.54) is 0 Å². The van der Waals surface area contributed by atoms with Crippen molar-refractivity contribution in [3.8, 4) is 0 Å². The summed E-state index contributed by atoms with van der Waals surface area (Å²) in [5.41, 5.74) is 7.31. The van der Waals surface area contributed by atoms with Crippen LogP contribution in [-0.4, -0.2) is 32.1 Å². The topological polar surface area (TPSA) is 62.3 Å². The van der Waals surface area contributed by atoms with Crippen molar-refractivity contribution in [3.63, 3.8) is 0 Å². The number of nitrogens with one attached hydrogen (secondary N) is 1. The third kappa shape index (κ3) is 2.76. The molecule has 4 nitrogen and oxygen atoms in total. The first-order valence-electron chi connectivity index (χ1n) is 6.03. The number of amidine groups is 1. The Morgan fingerprint density at radius 2 is 2.11 bits per heavy atom. The number of anilines is 1. The zero-order valence-electron chi connectivity index (χ0n) is 10.4. The van der Waals surface area contributed by atoms with Crippen LogP contribution in [0.4, 0.5) is 5.69 Å². The first-order chi connectivity index (χ1) is 8.61. The number of hydrogen-bond acceptors (Lipinski definition) is 3. The molecule has 18 heavy (non-hydrogen) atoms. The molecule has 0 saturated carbocycles. The lowest BCUT2D eigenvalue weighted by atomic mass is 10.0. The predicted octanol–water partition coefficient (Wildman–Crippen LogP) is 2.24. The van der Waals surface area contributed by atoms with E-state index in [0.29, 0.717) is 16.7 Å². The normalized spacial score (nSPS) is 16.9. The summed E-state index contributed by atoms with van der Waals surface area (Å²) in [7, 11) is 1.75. The molecule has 3 N–H and O–H groups in total. The lowest BCUT2D eigenvalue weighted by molar-refractivity contribution is 0.0819. The fourth-order valence-electron chi connectivity index (χ4n) is 2.33. The second-order valence-corrected chi connectivity index (χ2v) is 4.93. The predicted molar refractivity (Wildman–Crippen MR) is 74.7 cm³/mol. The summed E-state index contributed by atoms with van der Waals surface area (Å²) in [6, 6.07) is 5.53. The zero-order valence-corrected chi connectivity index (χ0v) is 11.2. The van der Waals surface area contributed by atoms with Gasteiger partial charge in [0.15, 0.2) is 0 Å². The van der Waals surface area contributed by atoms with Gasteiger partial charge in [-0.25, -0.2) is 0 Å². The van der Waals surface area contributed by atoms with E-state index in [2.05, 4.69) is 4.90 Å². The molecule has 0 unspecified atom stereocenters. The molecule has 1 heterocycles. The van der Waals surface area contributed by atoms with Gasteiger partial charge in [-0.3, -0.25) is 5.41 Å². The van der Waals surface area contributed by atoms with Gasteiger partial charge in [0.05, 0.1) is 6.10 Å². The van der Waals surface area contributed by atoms with Crippen molar-refractivity contribution in [1.29, 1.82) is 5.41 Å². The summed E-state index contributed by atoms with van der Waals surface area (Å²) in [4.78, 5) is 2.24. The fourth-order valence-corrected chi connectivity index (χ4v) is 2.50. The molecule has 0 radical (unpaired) electrons. The molecule has 0 aliphatic carbocycles. The average molecular weight is 268 g/mol. The number of benzene rings is 1. The van der Waals surface area contributed by atoms with Gasteiger partial charge in [0, 0.05) is 36.5 Å². The van der Waals surface area contributed by atoms with Gasteiger partial charge in [-0.1, -0.05) is 11.6 Å². The number of ether oxygens (including phenoxy) is 1. The summed E-state index contributed by atoms with van der Waals surface area (Å²) in [5.74, 6) is 0.0568. The van der Waals surface area contributed by atoms with Crippen LogP contribution in [0.5, 0.6) is 0 Å². The molecule has 98 valence electrons. The van der Waals surface area contributed by atoms with E-state index in [1.807, 2.05) is 12.1 Å². The minimum absolute atomic E-state index is 0.0568. The van der Waals surface area contributed by atoms with E-state index in [1.54, 1.807) is 13.2 Å². The summed E-state index contributed by atoms with van der Waals surface area (Å²) in [5, 5.41) is 8.24. The minimum Gasteiger partial charge on any atom is -0.384 e. The molecule has 1 aliphatic rings. The quantitative estimate of drug-likeness (QED) is 0.652. The Morgan fingerprint density at radius 1 is 1.44 bits per heavy atom. The molecular weight excluding hydrogens is 250 g/mol. The molecule has 0 aromatic heterocycles. The molecule has 0 spiro atoms. The lowest BCUT2D eigenvalue weighted by Crippen LogP contribution is -2.37. The Hall–Kier alpha value is -1.26. The standard InChI is InChI=1S/C13H18ClN3O/c1-18-10-4-6-17(7-5-10)12-3-2-9(14)8-11(12)13(15)16/h2-3,8,10H,4-7H2,1H3,(H3,15,16). The van der Waals surface area contributed by atoms with Crippen molar-refractivity contribution in [1.82, 2.24) is 0 Å². The number of rotatable bonds is 3. The third-order valence-electron chi connectivity index (χ3n) is 3.36. The zero-order chi connectivity index (χ0) is 13.1. The van der Waals surface area contributed by atoms with E-state index >= 15 is 0 Å². The highest BCUT2D eigenvalue weighted by Crippen LogP contribution is 2.27. The Balaban J connectivity index is 2.21. The number of methoxy groups -OCH3 is 1. The van der Waals surface area contributed by atoms with Crippen LogP contribution >= 0.6 is 11.6 Å². The number of nitrogens with two attached hydrogens (primary N) is 1. The first-order valence-corrected chi connectivity index (χ1v) is 6.41. The van der Waals surface area contributed by atoms with Gasteiger partial charge < -0.3 is 15.4 Å². The van der Waals surface area contributed by atoms with Crippen LogP contribution in [0, 0.1) is 5.41 Å². The van der Waals surface area contributed by atoms with Crippen molar-refractivity contribution in [2.24, 2.45) is 5.73 Å². The van der Waals surface area contributed by atoms with E-state index in [9.17, 15) is 0 Å². The molecule has 2 rings (SSSR count). The second kappa shape index (κ2) is 5.59. The molecule has 1 aromatic rings. The molecular formula is C13H18ClN3O. The average Bonchev–Trinajstić information content (AvgIpc) is 2.39. The highest BCUT2D eigenvalue weighted by molar-refractivity contribution is 6.31. The fraction of sp³-hybridized carbons (Fsp3) is 0.462. The SMILES string of the molecule is COC1CCN(c2ccc(Cl)cc2C(=N)N)CC1. The minimum atomic E-state index is 0.0568. The van der Waals surface area contributed by atoms with Crippen LogP contribution < -0.4 is 10.6 Å². The van der Waals surface area contributed by atoms with E-state index in [4.69, 9.17) is 27.5 Å². The maximum atomic E-state index is 7.64. The van der Waals surface area contributed by atoms with Crippen LogP contribution in [0.15, 0.2) is 18.2 Å². The Kier molecular flexibility index (Phi) is 4.09. The first kappa shape index (κ1) is 13.2. The Bertz CT molecular complexity index is 442. The largest absolute Gasteiger partial charge is 0.384 e. The third-order valence-corrected chi connectivity index (χ3v) is 3.60. The number of nitrogens with zero attached hydrogens (tertiary/aromatic N) is 1. The smallest absolute Gasteiger partial charge is 0.124 e. The van der Waals surface area contributed by atoms with Crippen molar-refractivity contribution in [3.05, 3.63) is 28.8 Å². The van der Waals surface area contributed by atoms with Crippen molar-refractivity contribution >= 4 is 23.1 Å². The van der Waals surface area contributed by atoms with E-state index in [0.717, 1.165) is 31.6 Å². The van der Waals surface area contributed by atoms with Crippen LogP contribution in [-0.2, 0) is 4.74 Å². The van der Waals surface area contributed by atoms with E-state index in [-0.39, 0.29) is 5.84 Å². The Morgan fingerprint density at radius 3 is 2.67 bits per heavy atom. The second-order valence-electron chi connectivity index (χ2n) is 4.50. The molecule has 0 amide bonds. The van der Waals surface area contributed by atoms with Gasteiger partial charge in [0.25, 0.3) is 0 Å². The highest BCUT2D eigenvalue weighted by atomic mass is 35.5. The van der Waals surface area contributed by atoms with Gasteiger partial charge in [-0.15, -0.1) is 0 Å². The summed E-state index contributed by atoms with van der Waals surface area (Å²) in [6.45, 7) is 1.83. The molecule has 1 saturated heterocycles. The maximum absolute atomic E-state index is 7.64. The monoisotopic (exact) mass is 267 g/mol. The number of nitrogen functional groups attached to an aromatic ring is 1. The van der Waals surface area contributed by atoms with Crippen LogP contribution in [0.3, 0.4) is 0 Å². The van der Waals surface area contributed by atoms with Gasteiger partial charge >= 0.3 is 0 Å². The van der Waals surface area contributed by atoms with Gasteiger partial charge in [-0.05, 0) is 31.0 Å². The van der Waals surface area contributed by atoms with Crippen molar-refractivity contribution in [2.75, 3.05) is 25.1 Å². The van der Waals surface area contributed by atoms with Gasteiger partial charge in [0.1, 0.15) is 5.84 Å². The van der Waals surface area contributed by atoms with Crippen LogP contribution in [0.2, 0.25) is 5.02 Å². The molecule has 0 atom stereocenters. The summed E-state index contributed by atoms with van der Waals surface area (Å²) >= 11 is 5.95. The van der Waals surface area contributed by atoms with Crippen LogP contribution in [0.25, 0.3) is 0 Å². The number of halogens is 1. The number of piperidine rings is 1. The molecule has 1 fully saturated rings. The van der Waals surface area contributed by atoms with Gasteiger partial charge in [0.2, 0.25) is 0 Å².